The third-order valence-corrected chi connectivity index (χ3v) is 13.7. The van der Waals surface area contributed by atoms with Crippen molar-refractivity contribution in [2.24, 2.45) is 5.11 Å². The fourth-order valence-corrected chi connectivity index (χ4v) is 8.07. The van der Waals surface area contributed by atoms with Crippen LogP contribution in [-0.2, 0) is 66.3 Å². The Morgan fingerprint density at radius 2 is 1.17 bits per heavy atom. The van der Waals surface area contributed by atoms with Gasteiger partial charge >= 0.3 is 23.3 Å². The molecule has 5 rings (SSSR count). The second-order valence-corrected chi connectivity index (χ2v) is 20.2. The third-order valence-electron chi connectivity index (χ3n) is 9.79. The van der Waals surface area contributed by atoms with Crippen LogP contribution in [-0.4, -0.2) is 130 Å². The molecule has 0 saturated heterocycles. The molecule has 0 aliphatic rings. The highest BCUT2D eigenvalue weighted by Crippen LogP contribution is 2.48. The lowest BCUT2D eigenvalue weighted by molar-refractivity contribution is -0.150. The number of aromatic nitrogens is 7. The smallest absolute Gasteiger partial charge is 0.345 e. The first-order valence-corrected chi connectivity index (χ1v) is 25.3. The monoisotopic (exact) mass is 1040 g/mol. The number of hydrogen-bond donors (Lipinski definition) is 0. The van der Waals surface area contributed by atoms with Crippen molar-refractivity contribution in [2.45, 2.75) is 45.2 Å². The molecule has 2 aromatic carbocycles. The normalized spacial score (nSPS) is 13.1. The van der Waals surface area contributed by atoms with E-state index in [2.05, 4.69) is 35.7 Å². The van der Waals surface area contributed by atoms with E-state index >= 15 is 0 Å². The first-order valence-electron chi connectivity index (χ1n) is 21.0. The number of terminal acetylenes is 1. The van der Waals surface area contributed by atoms with Crippen molar-refractivity contribution in [1.29, 1.82) is 0 Å². The van der Waals surface area contributed by atoms with Crippen LogP contribution in [0.3, 0.4) is 0 Å². The van der Waals surface area contributed by atoms with Gasteiger partial charge in [0.05, 0.1) is 53.3 Å². The second kappa shape index (κ2) is 27.7. The van der Waals surface area contributed by atoms with E-state index in [9.17, 15) is 47.5 Å². The predicted octanol–water partition coefficient (Wildman–Crippen LogP) is 2.72. The quantitative estimate of drug-likeness (QED) is 0.0218. The number of rotatable bonds is 19. The zero-order valence-electron chi connectivity index (χ0n) is 40.4. The van der Waals surface area contributed by atoms with Gasteiger partial charge in [-0.1, -0.05) is 52.6 Å². The molecule has 3 aromatic heterocycles. The van der Waals surface area contributed by atoms with Crippen molar-refractivity contribution >= 4 is 38.5 Å². The molecular formula is C44H52N10O16P2. The average Bonchev–Trinajstić information content (AvgIpc) is 3.83. The second-order valence-electron chi connectivity index (χ2n) is 14.9. The number of benzene rings is 2. The number of hydrogen-bond acceptors (Lipinski definition) is 19. The van der Waals surface area contributed by atoms with E-state index < -0.39 is 72.7 Å². The molecule has 4 atom stereocenters. The Kier molecular flexibility index (Phi) is 22.6. The lowest BCUT2D eigenvalue weighted by Gasteiger charge is -2.20. The van der Waals surface area contributed by atoms with Crippen LogP contribution in [0.2, 0.25) is 0 Å². The summed E-state index contributed by atoms with van der Waals surface area (Å²) in [5, 5.41) is 11.2. The number of carbonyl (C=O) groups excluding carboxylic acids is 4. The molecule has 0 saturated carbocycles. The van der Waals surface area contributed by atoms with Gasteiger partial charge in [0.15, 0.2) is 0 Å². The summed E-state index contributed by atoms with van der Waals surface area (Å²) in [4.78, 5) is 101. The molecule has 4 unspecified atom stereocenters. The van der Waals surface area contributed by atoms with E-state index in [1.54, 1.807) is 48.5 Å². The van der Waals surface area contributed by atoms with Gasteiger partial charge in [0.1, 0.15) is 5.69 Å². The van der Waals surface area contributed by atoms with Crippen molar-refractivity contribution in [3.8, 4) is 12.3 Å². The standard InChI is InChI=1S/C22H26N5O8P.C15H12N2O3.C7H14N3O5P/c1-15-12-25(22(31)27(18(15)28)19(29)16-8-6-5-7-9-16)13-17-14-26(24-23-17)10-11-35-21(20(30)33-2)36(4,32)34-3;1-3-9-16-10-11(2)13(18)17(15(16)20)14(19)12-7-5-4-6-8-12;1-13-6(11)7(16(3,12)14-2)15-5-4-9-10-8/h5-9,12,14,21H,10-11,13H2,1-4H3;1,4-8,10H,9H2,2H3;7H,4-5H2,1-3H3. The maximum absolute atomic E-state index is 13.0. The minimum absolute atomic E-state index is 0.00201. The Labute approximate surface area is 410 Å². The van der Waals surface area contributed by atoms with Crippen molar-refractivity contribution < 1.29 is 56.3 Å². The first kappa shape index (κ1) is 58.7. The number of carbonyl (C=O) groups is 4. The van der Waals surface area contributed by atoms with Crippen LogP contribution in [0.5, 0.6) is 0 Å². The number of methoxy groups -OCH3 is 2. The Hall–Kier alpha value is -7.61. The van der Waals surface area contributed by atoms with Gasteiger partial charge in [0.2, 0.25) is 26.4 Å². The van der Waals surface area contributed by atoms with Crippen molar-refractivity contribution in [3.05, 3.63) is 159 Å². The van der Waals surface area contributed by atoms with Crippen molar-refractivity contribution in [2.75, 3.05) is 61.5 Å². The highest BCUT2D eigenvalue weighted by atomic mass is 31.2. The minimum atomic E-state index is -3.40. The van der Waals surface area contributed by atoms with E-state index in [0.717, 1.165) is 18.8 Å². The van der Waals surface area contributed by atoms with Gasteiger partial charge in [0, 0.05) is 73.7 Å². The molecule has 26 nitrogen and oxygen atoms in total. The van der Waals surface area contributed by atoms with Crippen LogP contribution in [0.25, 0.3) is 10.4 Å². The first-order chi connectivity index (χ1) is 34.1. The topological polar surface area (TPSA) is 325 Å². The molecule has 0 N–H and O–H groups in total. The van der Waals surface area contributed by atoms with Crippen LogP contribution in [0.1, 0.15) is 37.5 Å². The van der Waals surface area contributed by atoms with Crippen LogP contribution < -0.4 is 22.5 Å². The van der Waals surface area contributed by atoms with E-state index in [-0.39, 0.29) is 61.6 Å². The molecular weight excluding hydrogens is 986 g/mol. The summed E-state index contributed by atoms with van der Waals surface area (Å²) in [5.41, 5.74) is 6.49. The average molecular weight is 1040 g/mol. The van der Waals surface area contributed by atoms with Gasteiger partial charge in [-0.15, -0.1) is 11.5 Å². The Balaban J connectivity index is 0.000000320. The number of ether oxygens (including phenoxy) is 4. The SMILES string of the molecule is C#CCn1cc(C)c(=O)n(C(=O)c2ccccc2)c1=O.COC(=O)C(OCCN=[N+]=[N-])P(C)(=O)OC.COC(=O)C(OCCn1cc(Cn2cc(C)c(=O)n(C(=O)c3ccccc3)c2=O)nn1)P(C)(=O)OC. The summed E-state index contributed by atoms with van der Waals surface area (Å²) >= 11 is 0. The maximum Gasteiger partial charge on any atom is 0.345 e. The fourth-order valence-electron chi connectivity index (χ4n) is 5.96. The van der Waals surface area contributed by atoms with E-state index in [4.69, 9.17) is 30.5 Å². The highest BCUT2D eigenvalue weighted by Gasteiger charge is 2.38. The molecule has 28 heteroatoms. The number of esters is 2. The Morgan fingerprint density at radius 1 is 0.722 bits per heavy atom. The van der Waals surface area contributed by atoms with E-state index in [0.29, 0.717) is 14.8 Å². The Morgan fingerprint density at radius 3 is 1.60 bits per heavy atom. The molecule has 5 aromatic rings. The molecule has 0 amide bonds. The van der Waals surface area contributed by atoms with Crippen LogP contribution >= 0.6 is 14.7 Å². The van der Waals surface area contributed by atoms with Crippen molar-refractivity contribution in [3.63, 3.8) is 0 Å². The maximum atomic E-state index is 13.0. The fraction of sp³-hybridized carbons (Fsp3) is 0.364. The third kappa shape index (κ3) is 15.7. The van der Waals surface area contributed by atoms with Gasteiger partial charge in [-0.25, -0.2) is 23.9 Å². The molecule has 0 radical (unpaired) electrons. The summed E-state index contributed by atoms with van der Waals surface area (Å²) < 4.78 is 58.3. The van der Waals surface area contributed by atoms with E-state index in [1.807, 2.05) is 0 Å². The lowest BCUT2D eigenvalue weighted by atomic mass is 10.2. The predicted molar refractivity (Wildman–Crippen MR) is 258 cm³/mol. The molecule has 384 valence electrons. The number of nitrogens with zero attached hydrogens (tertiary/aromatic N) is 10. The molecule has 0 aliphatic heterocycles. The van der Waals surface area contributed by atoms with Gasteiger partial charge in [-0.05, 0) is 43.6 Å². The molecule has 0 bridgehead atoms. The van der Waals surface area contributed by atoms with Gasteiger partial charge in [-0.2, -0.15) is 9.13 Å². The molecule has 0 fully saturated rings. The zero-order chi connectivity index (χ0) is 53.8. The highest BCUT2D eigenvalue weighted by molar-refractivity contribution is 7.60. The summed E-state index contributed by atoms with van der Waals surface area (Å²) in [6.07, 6.45) is 9.42. The summed E-state index contributed by atoms with van der Waals surface area (Å²) in [6, 6.07) is 16.2. The van der Waals surface area contributed by atoms with Gasteiger partial charge < -0.3 is 28.0 Å². The van der Waals surface area contributed by atoms with E-state index in [1.165, 1.54) is 81.4 Å². The van der Waals surface area contributed by atoms with Crippen molar-refractivity contribution in [1.82, 2.24) is 33.3 Å². The molecule has 0 aliphatic carbocycles. The minimum Gasteiger partial charge on any atom is -0.467 e. The van der Waals surface area contributed by atoms with Crippen LogP contribution in [0, 0.1) is 26.2 Å². The molecule has 0 spiro atoms. The number of aryl methyl sites for hydroxylation is 2. The Bertz CT molecular complexity index is 3150. The van der Waals surface area contributed by atoms with Gasteiger partial charge in [-0.3, -0.25) is 37.4 Å². The molecule has 3 heterocycles. The zero-order valence-corrected chi connectivity index (χ0v) is 42.2. The van der Waals surface area contributed by atoms with Crippen LogP contribution in [0.15, 0.2) is 104 Å². The summed E-state index contributed by atoms with van der Waals surface area (Å²) in [6.45, 7) is 5.60. The van der Waals surface area contributed by atoms with Crippen LogP contribution in [0.4, 0.5) is 0 Å². The molecule has 72 heavy (non-hydrogen) atoms. The largest absolute Gasteiger partial charge is 0.467 e. The number of azide groups is 1. The van der Waals surface area contributed by atoms with Gasteiger partial charge in [0.25, 0.3) is 22.9 Å². The summed E-state index contributed by atoms with van der Waals surface area (Å²) in [5.74, 6) is -3.36. The lowest BCUT2D eigenvalue weighted by Crippen LogP contribution is -2.44. The summed E-state index contributed by atoms with van der Waals surface area (Å²) in [7, 11) is -1.91.